The molecule has 5 nitrogen and oxygen atoms in total. The number of pyridine rings is 1. The first-order chi connectivity index (χ1) is 8.66. The van der Waals surface area contributed by atoms with E-state index in [9.17, 15) is 4.79 Å². The summed E-state index contributed by atoms with van der Waals surface area (Å²) in [6, 6.07) is 2.20. The molecule has 0 radical (unpaired) electrons. The van der Waals surface area contributed by atoms with Crippen LogP contribution < -0.4 is 0 Å². The van der Waals surface area contributed by atoms with E-state index in [4.69, 9.17) is 12.2 Å². The average Bonchev–Trinajstić information content (AvgIpc) is 2.69. The summed E-state index contributed by atoms with van der Waals surface area (Å²) in [7, 11) is 1.84. The summed E-state index contributed by atoms with van der Waals surface area (Å²) in [6.45, 7) is 0.711. The highest BCUT2D eigenvalue weighted by atomic mass is 32.1. The zero-order chi connectivity index (χ0) is 12.7. The maximum Gasteiger partial charge on any atom is 0.222 e. The van der Waals surface area contributed by atoms with Gasteiger partial charge in [0.2, 0.25) is 5.91 Å². The number of likely N-dealkylation sites (N-methyl/N-ethyl adjacent to an activating group) is 1. The molecule has 1 atom stereocenters. The van der Waals surface area contributed by atoms with Crippen LogP contribution in [0.1, 0.15) is 18.9 Å². The van der Waals surface area contributed by atoms with Crippen molar-refractivity contribution in [3.8, 4) is 0 Å². The smallest absolute Gasteiger partial charge is 0.222 e. The zero-order valence-electron chi connectivity index (χ0n) is 10.1. The molecule has 0 aliphatic carbocycles. The fourth-order valence-electron chi connectivity index (χ4n) is 2.54. The van der Waals surface area contributed by atoms with Gasteiger partial charge in [-0.05, 0) is 24.7 Å². The van der Waals surface area contributed by atoms with Gasteiger partial charge in [0, 0.05) is 26.2 Å². The van der Waals surface area contributed by atoms with E-state index in [1.807, 2.05) is 13.1 Å². The second kappa shape index (κ2) is 4.20. The molecule has 1 saturated heterocycles. The fourth-order valence-corrected chi connectivity index (χ4v) is 2.90. The largest absolute Gasteiger partial charge is 0.344 e. The monoisotopic (exact) mass is 262 g/mol. The molecule has 18 heavy (non-hydrogen) atoms. The number of H-pyrrole nitrogens is 1. The molecule has 1 fully saturated rings. The minimum absolute atomic E-state index is 0.208. The van der Waals surface area contributed by atoms with Crippen LogP contribution >= 0.6 is 12.2 Å². The number of hydrogen-bond donors (Lipinski definition) is 1. The first kappa shape index (κ1) is 11.4. The summed E-state index contributed by atoms with van der Waals surface area (Å²) in [5.41, 5.74) is 2.00. The number of carbonyl (C=O) groups is 1. The summed E-state index contributed by atoms with van der Waals surface area (Å²) in [5.74, 6) is 0.208. The fraction of sp³-hybridized carbons (Fsp3) is 0.417. The Hall–Kier alpha value is -1.69. The second-order valence-corrected chi connectivity index (χ2v) is 5.05. The lowest BCUT2D eigenvalue weighted by Gasteiger charge is -2.30. The molecule has 0 aromatic carbocycles. The number of rotatable bonds is 1. The maximum atomic E-state index is 11.5. The molecule has 2 aromatic rings. The van der Waals surface area contributed by atoms with Gasteiger partial charge in [-0.3, -0.25) is 9.78 Å². The van der Waals surface area contributed by atoms with Crippen LogP contribution in [0.5, 0.6) is 0 Å². The summed E-state index contributed by atoms with van der Waals surface area (Å²) in [6.07, 6.45) is 4.96. The molecule has 0 saturated carbocycles. The van der Waals surface area contributed by atoms with E-state index < -0.39 is 0 Å². The lowest BCUT2D eigenvalue weighted by molar-refractivity contribution is -0.132. The topological polar surface area (TPSA) is 53.9 Å². The van der Waals surface area contributed by atoms with E-state index in [-0.39, 0.29) is 11.9 Å². The predicted molar refractivity (Wildman–Crippen MR) is 70.8 cm³/mol. The number of hydrogen-bond acceptors (Lipinski definition) is 3. The molecule has 6 heteroatoms. The summed E-state index contributed by atoms with van der Waals surface area (Å²) >= 11 is 5.38. The minimum atomic E-state index is 0.208. The molecule has 1 aliphatic rings. The first-order valence-corrected chi connectivity index (χ1v) is 6.36. The van der Waals surface area contributed by atoms with Crippen LogP contribution in [0.4, 0.5) is 0 Å². The highest BCUT2D eigenvalue weighted by Crippen LogP contribution is 2.26. The number of nitrogens with zero attached hydrogens (tertiary/aromatic N) is 3. The van der Waals surface area contributed by atoms with Crippen molar-refractivity contribution >= 4 is 29.2 Å². The van der Waals surface area contributed by atoms with E-state index in [1.165, 1.54) is 0 Å². The number of amides is 1. The van der Waals surface area contributed by atoms with Crippen molar-refractivity contribution < 1.29 is 4.79 Å². The van der Waals surface area contributed by atoms with E-state index >= 15 is 0 Å². The van der Waals surface area contributed by atoms with Crippen molar-refractivity contribution in [3.05, 3.63) is 23.2 Å². The minimum Gasteiger partial charge on any atom is -0.344 e. The molecule has 2 aromatic heterocycles. The Labute approximate surface area is 109 Å². The second-order valence-electron chi connectivity index (χ2n) is 4.66. The molecule has 1 amide bonds. The van der Waals surface area contributed by atoms with Crippen LogP contribution in [0.3, 0.4) is 0 Å². The number of nitrogens with one attached hydrogen (secondary N) is 1. The van der Waals surface area contributed by atoms with Crippen LogP contribution in [0, 0.1) is 4.77 Å². The van der Waals surface area contributed by atoms with Gasteiger partial charge in [-0.1, -0.05) is 0 Å². The van der Waals surface area contributed by atoms with Gasteiger partial charge in [-0.15, -0.1) is 0 Å². The molecular formula is C12H14N4OS. The number of carbonyl (C=O) groups excluding carboxylic acids is 1. The highest BCUT2D eigenvalue weighted by Gasteiger charge is 2.25. The van der Waals surface area contributed by atoms with E-state index in [0.29, 0.717) is 17.7 Å². The van der Waals surface area contributed by atoms with Crippen LogP contribution in [-0.4, -0.2) is 38.9 Å². The Bertz CT molecular complexity index is 659. The molecular weight excluding hydrogens is 248 g/mol. The molecule has 0 spiro atoms. The normalized spacial score (nSPS) is 20.6. The van der Waals surface area contributed by atoms with Crippen LogP contribution in [-0.2, 0) is 4.79 Å². The molecule has 3 rings (SSSR count). The summed E-state index contributed by atoms with van der Waals surface area (Å²) in [5, 5.41) is 0. The number of aromatic nitrogens is 3. The molecule has 3 heterocycles. The highest BCUT2D eigenvalue weighted by molar-refractivity contribution is 7.71. The van der Waals surface area contributed by atoms with Crippen LogP contribution in [0.2, 0.25) is 0 Å². The van der Waals surface area contributed by atoms with E-state index in [2.05, 4.69) is 14.5 Å². The van der Waals surface area contributed by atoms with Crippen molar-refractivity contribution in [3.63, 3.8) is 0 Å². The van der Waals surface area contributed by atoms with Gasteiger partial charge in [0.1, 0.15) is 0 Å². The maximum absolute atomic E-state index is 11.5. The number of likely N-dealkylation sites (tertiary alicyclic amines) is 1. The number of imidazole rings is 1. The van der Waals surface area contributed by atoms with Gasteiger partial charge in [0.05, 0.1) is 23.3 Å². The van der Waals surface area contributed by atoms with E-state index in [0.717, 1.165) is 17.5 Å². The number of fused-ring (bicyclic) bond motifs is 1. The Morgan fingerprint density at radius 3 is 3.17 bits per heavy atom. The Morgan fingerprint density at radius 1 is 1.56 bits per heavy atom. The lowest BCUT2D eigenvalue weighted by atomic mass is 10.1. The first-order valence-electron chi connectivity index (χ1n) is 5.95. The molecule has 0 bridgehead atoms. The summed E-state index contributed by atoms with van der Waals surface area (Å²) < 4.78 is 2.81. The number of piperidine rings is 1. The van der Waals surface area contributed by atoms with Crippen LogP contribution in [0.15, 0.2) is 18.5 Å². The van der Waals surface area contributed by atoms with Gasteiger partial charge in [-0.2, -0.15) is 0 Å². The Morgan fingerprint density at radius 2 is 2.39 bits per heavy atom. The molecule has 94 valence electrons. The van der Waals surface area contributed by atoms with Crippen LogP contribution in [0.25, 0.3) is 11.0 Å². The zero-order valence-corrected chi connectivity index (χ0v) is 10.9. The molecule has 1 aliphatic heterocycles. The SMILES string of the molecule is CN1CC(n2c(=S)[nH]c3cnccc32)CCC1=O. The van der Waals surface area contributed by atoms with Gasteiger partial charge >= 0.3 is 0 Å². The van der Waals surface area contributed by atoms with Crippen molar-refractivity contribution in [2.45, 2.75) is 18.9 Å². The molecule has 1 N–H and O–H groups in total. The van der Waals surface area contributed by atoms with Crippen molar-refractivity contribution in [2.75, 3.05) is 13.6 Å². The lowest BCUT2D eigenvalue weighted by Crippen LogP contribution is -2.37. The average molecular weight is 262 g/mol. The van der Waals surface area contributed by atoms with Gasteiger partial charge < -0.3 is 14.5 Å². The Kier molecular flexibility index (Phi) is 2.66. The third-order valence-corrected chi connectivity index (χ3v) is 3.78. The Balaban J connectivity index is 2.07. The van der Waals surface area contributed by atoms with E-state index in [1.54, 1.807) is 17.3 Å². The van der Waals surface area contributed by atoms with Gasteiger partial charge in [0.15, 0.2) is 4.77 Å². The quantitative estimate of drug-likeness (QED) is 0.798. The predicted octanol–water partition coefficient (Wildman–Crippen LogP) is 1.89. The number of aromatic amines is 1. The van der Waals surface area contributed by atoms with Crippen molar-refractivity contribution in [2.24, 2.45) is 0 Å². The van der Waals surface area contributed by atoms with Gasteiger partial charge in [-0.25, -0.2) is 0 Å². The molecule has 1 unspecified atom stereocenters. The van der Waals surface area contributed by atoms with Crippen molar-refractivity contribution in [1.82, 2.24) is 19.4 Å². The van der Waals surface area contributed by atoms with Crippen molar-refractivity contribution in [1.29, 1.82) is 0 Å². The standard InChI is InChI=1S/C12H14N4OS/c1-15-7-8(2-3-11(15)17)16-10-4-5-13-6-9(10)14-12(16)18/h4-6,8H,2-3,7H2,1H3,(H,14,18). The third-order valence-electron chi connectivity index (χ3n) is 3.48. The summed E-state index contributed by atoms with van der Waals surface area (Å²) in [4.78, 5) is 20.6. The third kappa shape index (κ3) is 1.73. The van der Waals surface area contributed by atoms with Gasteiger partial charge in [0.25, 0.3) is 0 Å².